The number of esters is 2. The lowest BCUT2D eigenvalue weighted by molar-refractivity contribution is -0.164. The molecule has 2 N–H and O–H groups in total. The predicted molar refractivity (Wildman–Crippen MR) is 91.6 cm³/mol. The summed E-state index contributed by atoms with van der Waals surface area (Å²) in [7, 11) is -2.89. The van der Waals surface area contributed by atoms with Crippen molar-refractivity contribution in [3.05, 3.63) is 0 Å². The van der Waals surface area contributed by atoms with Gasteiger partial charge in [-0.1, -0.05) is 13.8 Å². The average Bonchev–Trinajstić information content (AvgIpc) is 3.18. The Labute approximate surface area is 162 Å². The summed E-state index contributed by atoms with van der Waals surface area (Å²) in [6, 6.07) is 0. The molecule has 0 aliphatic carbocycles. The van der Waals surface area contributed by atoms with Crippen LogP contribution in [0.25, 0.3) is 0 Å². The van der Waals surface area contributed by atoms with Gasteiger partial charge in [0.1, 0.15) is 0 Å². The van der Waals surface area contributed by atoms with Crippen molar-refractivity contribution in [2.75, 3.05) is 40.3 Å². The van der Waals surface area contributed by atoms with Crippen LogP contribution in [0.1, 0.15) is 20.3 Å². The van der Waals surface area contributed by atoms with Gasteiger partial charge in [0.15, 0.2) is 12.2 Å². The summed E-state index contributed by atoms with van der Waals surface area (Å²) in [5.74, 6) is -1.75. The normalized spacial score (nSPS) is 29.1. The van der Waals surface area contributed by atoms with Crippen molar-refractivity contribution in [3.63, 3.8) is 0 Å². The van der Waals surface area contributed by atoms with Crippen LogP contribution in [0.5, 0.6) is 0 Å². The number of phosphoric ester groups is 1. The maximum atomic E-state index is 12.6. The first-order chi connectivity index (χ1) is 13.2. The van der Waals surface area contributed by atoms with Gasteiger partial charge in [0.05, 0.1) is 26.9 Å². The van der Waals surface area contributed by atoms with Crippen molar-refractivity contribution >= 4 is 25.7 Å². The highest BCUT2D eigenvalue weighted by Crippen LogP contribution is 2.57. The Bertz CT molecular complexity index is 634. The largest absolute Gasteiger partial charge is 0.478 e. The number of ether oxygens (including phenoxy) is 3. The summed E-state index contributed by atoms with van der Waals surface area (Å²) in [6.07, 6.45) is -1.96. The lowest BCUT2D eigenvalue weighted by Crippen LogP contribution is -2.50. The molecule has 12 nitrogen and oxygen atoms in total. The first-order valence-electron chi connectivity index (χ1n) is 8.58. The topological polar surface area (TPSA) is 148 Å². The van der Waals surface area contributed by atoms with Gasteiger partial charge in [0, 0.05) is 18.5 Å². The van der Waals surface area contributed by atoms with Gasteiger partial charge in [-0.15, -0.1) is 0 Å². The van der Waals surface area contributed by atoms with Gasteiger partial charge in [0.25, 0.3) is 0 Å². The zero-order valence-electron chi connectivity index (χ0n) is 15.9. The molecule has 0 aromatic rings. The molecule has 2 fully saturated rings. The van der Waals surface area contributed by atoms with E-state index in [2.05, 4.69) is 15.4 Å². The number of carbonyl (C=O) groups excluding carboxylic acids is 3. The molecule has 0 radical (unpaired) electrons. The summed E-state index contributed by atoms with van der Waals surface area (Å²) in [5.41, 5.74) is -0.813. The maximum Gasteiger partial charge on any atom is 0.478 e. The first kappa shape index (κ1) is 22.7. The van der Waals surface area contributed by atoms with Crippen LogP contribution in [0.15, 0.2) is 0 Å². The van der Waals surface area contributed by atoms with Crippen LogP contribution < -0.4 is 10.6 Å². The van der Waals surface area contributed by atoms with Crippen LogP contribution in [0.4, 0.5) is 0 Å². The average molecular weight is 424 g/mol. The summed E-state index contributed by atoms with van der Waals surface area (Å²) < 4.78 is 42.4. The van der Waals surface area contributed by atoms with Gasteiger partial charge in [-0.3, -0.25) is 24.0 Å². The number of amides is 1. The molecule has 0 aromatic carbocycles. The maximum absolute atomic E-state index is 12.6. The van der Waals surface area contributed by atoms with Gasteiger partial charge < -0.3 is 19.5 Å². The van der Waals surface area contributed by atoms with Crippen molar-refractivity contribution in [1.29, 1.82) is 0 Å². The molecule has 160 valence electrons. The molecule has 2 rings (SSSR count). The number of methoxy groups -OCH3 is 1. The van der Waals surface area contributed by atoms with E-state index in [-0.39, 0.29) is 26.3 Å². The van der Waals surface area contributed by atoms with Crippen LogP contribution in [0, 0.1) is 5.41 Å². The second-order valence-corrected chi connectivity index (χ2v) is 8.40. The van der Waals surface area contributed by atoms with E-state index in [9.17, 15) is 18.9 Å². The van der Waals surface area contributed by atoms with Crippen LogP contribution in [0.2, 0.25) is 0 Å². The number of hydrogen-bond donors (Lipinski definition) is 2. The zero-order valence-corrected chi connectivity index (χ0v) is 16.8. The Hall–Kier alpha value is -1.56. The molecule has 13 heteroatoms. The third-order valence-electron chi connectivity index (χ3n) is 4.02. The Morgan fingerprint density at radius 3 is 2.71 bits per heavy atom. The standard InChI is InChI=1S/C15H25N2O10P/c1-15(2)7-25-28(21,26-9-24-14(20)10-6-16-8-23-10)27-12(15)13(19)17-5-4-11(18)22-3/h10,12,16H,4-9H2,1-3H3,(H,17,19)/t10?,12-,28?/m0/s1. The van der Waals surface area contributed by atoms with E-state index in [0.717, 1.165) is 0 Å². The minimum atomic E-state index is -4.13. The van der Waals surface area contributed by atoms with Crippen LogP contribution in [-0.4, -0.2) is 70.4 Å². The lowest BCUT2D eigenvalue weighted by Gasteiger charge is -2.39. The van der Waals surface area contributed by atoms with Crippen molar-refractivity contribution in [2.24, 2.45) is 5.41 Å². The zero-order chi connectivity index (χ0) is 20.8. The second-order valence-electron chi connectivity index (χ2n) is 6.78. The molecule has 28 heavy (non-hydrogen) atoms. The number of carbonyl (C=O) groups is 3. The van der Waals surface area contributed by atoms with Gasteiger partial charge in [-0.25, -0.2) is 13.9 Å². The van der Waals surface area contributed by atoms with Crippen molar-refractivity contribution in [1.82, 2.24) is 10.6 Å². The van der Waals surface area contributed by atoms with Gasteiger partial charge in [-0.05, 0) is 0 Å². The molecule has 2 aliphatic heterocycles. The highest BCUT2D eigenvalue weighted by Gasteiger charge is 2.49. The minimum Gasteiger partial charge on any atom is -0.469 e. The van der Waals surface area contributed by atoms with E-state index >= 15 is 0 Å². The molecule has 3 atom stereocenters. The number of hydrogen-bond acceptors (Lipinski definition) is 11. The molecule has 2 unspecified atom stereocenters. The summed E-state index contributed by atoms with van der Waals surface area (Å²) >= 11 is 0. The molecule has 2 aliphatic rings. The fraction of sp³-hybridized carbons (Fsp3) is 0.800. The SMILES string of the molecule is COC(=O)CCNC(=O)[C@@H]1OP(=O)(OCOC(=O)C2CNCO2)OCC1(C)C. The van der Waals surface area contributed by atoms with Crippen LogP contribution in [0.3, 0.4) is 0 Å². The Morgan fingerprint density at radius 1 is 1.32 bits per heavy atom. The highest BCUT2D eigenvalue weighted by molar-refractivity contribution is 7.48. The second kappa shape index (κ2) is 9.77. The molecule has 0 saturated carbocycles. The van der Waals surface area contributed by atoms with Crippen molar-refractivity contribution < 1.29 is 46.7 Å². The van der Waals surface area contributed by atoms with E-state index in [1.807, 2.05) is 0 Å². The van der Waals surface area contributed by atoms with Gasteiger partial charge in [0.2, 0.25) is 12.7 Å². The van der Waals surface area contributed by atoms with Crippen molar-refractivity contribution in [2.45, 2.75) is 32.5 Å². The monoisotopic (exact) mass is 424 g/mol. The minimum absolute atomic E-state index is 0.0197. The molecule has 1 amide bonds. The quantitative estimate of drug-likeness (QED) is 0.300. The first-order valence-corrected chi connectivity index (χ1v) is 10.0. The van der Waals surface area contributed by atoms with E-state index in [1.54, 1.807) is 13.8 Å². The summed E-state index contributed by atoms with van der Waals surface area (Å²) in [4.78, 5) is 35.2. The van der Waals surface area contributed by atoms with E-state index in [4.69, 9.17) is 23.0 Å². The highest BCUT2D eigenvalue weighted by atomic mass is 31.2. The third-order valence-corrected chi connectivity index (χ3v) is 5.36. The number of rotatable bonds is 8. The third kappa shape index (κ3) is 6.23. The van der Waals surface area contributed by atoms with E-state index in [1.165, 1.54) is 7.11 Å². The van der Waals surface area contributed by atoms with Gasteiger partial charge in [-0.2, -0.15) is 0 Å². The molecular weight excluding hydrogens is 399 g/mol. The number of nitrogens with one attached hydrogen (secondary N) is 2. The molecule has 0 aromatic heterocycles. The molecular formula is C15H25N2O10P. The molecule has 0 bridgehead atoms. The summed E-state index contributed by atoms with van der Waals surface area (Å²) in [5, 5.41) is 5.33. The van der Waals surface area contributed by atoms with Crippen molar-refractivity contribution in [3.8, 4) is 0 Å². The van der Waals surface area contributed by atoms with E-state index in [0.29, 0.717) is 6.54 Å². The Balaban J connectivity index is 1.86. The van der Waals surface area contributed by atoms with Gasteiger partial charge >= 0.3 is 19.8 Å². The lowest BCUT2D eigenvalue weighted by atomic mass is 9.87. The Morgan fingerprint density at radius 2 is 2.07 bits per heavy atom. The molecule has 2 saturated heterocycles. The molecule has 0 spiro atoms. The number of phosphoric acid groups is 1. The summed E-state index contributed by atoms with van der Waals surface area (Å²) in [6.45, 7) is 3.15. The van der Waals surface area contributed by atoms with Crippen LogP contribution in [-0.2, 0) is 46.7 Å². The Kier molecular flexibility index (Phi) is 7.93. The molecule has 2 heterocycles. The fourth-order valence-electron chi connectivity index (χ4n) is 2.38. The smallest absolute Gasteiger partial charge is 0.469 e. The fourth-order valence-corrected chi connectivity index (χ4v) is 3.89. The van der Waals surface area contributed by atoms with E-state index < -0.39 is 50.1 Å². The van der Waals surface area contributed by atoms with Crippen LogP contribution >= 0.6 is 7.82 Å². The predicted octanol–water partition coefficient (Wildman–Crippen LogP) is -0.321.